The quantitative estimate of drug-likeness (QED) is 0.899. The van der Waals surface area contributed by atoms with E-state index in [0.717, 1.165) is 31.7 Å². The van der Waals surface area contributed by atoms with Crippen LogP contribution in [0.2, 0.25) is 0 Å². The smallest absolute Gasteiger partial charge is 0.0795 e. The van der Waals surface area contributed by atoms with Crippen LogP contribution in [0.25, 0.3) is 0 Å². The van der Waals surface area contributed by atoms with Crippen molar-refractivity contribution in [2.75, 3.05) is 20.2 Å². The Bertz CT molecular complexity index is 382. The second kappa shape index (κ2) is 6.31. The molecule has 1 fully saturated rings. The van der Waals surface area contributed by atoms with E-state index < -0.39 is 0 Å². The van der Waals surface area contributed by atoms with Crippen LogP contribution in [-0.2, 0) is 11.3 Å². The van der Waals surface area contributed by atoms with Crippen LogP contribution in [0, 0.1) is 5.92 Å². The fourth-order valence-electron chi connectivity index (χ4n) is 2.78. The molecule has 2 unspecified atom stereocenters. The van der Waals surface area contributed by atoms with E-state index in [1.165, 1.54) is 0 Å². The summed E-state index contributed by atoms with van der Waals surface area (Å²) in [5, 5.41) is 2.11. The predicted molar refractivity (Wildman–Crippen MR) is 79.2 cm³/mol. The lowest BCUT2D eigenvalue weighted by atomic mass is 9.82. The van der Waals surface area contributed by atoms with Crippen molar-refractivity contribution in [3.05, 3.63) is 16.6 Å². The third-order valence-corrected chi connectivity index (χ3v) is 4.93. The molecule has 0 bridgehead atoms. The first-order chi connectivity index (χ1) is 9.07. The van der Waals surface area contributed by atoms with Gasteiger partial charge in [-0.05, 0) is 25.8 Å². The lowest BCUT2D eigenvalue weighted by Gasteiger charge is -2.47. The van der Waals surface area contributed by atoms with E-state index in [0.29, 0.717) is 18.6 Å². The topological polar surface area (TPSA) is 51.4 Å². The zero-order valence-corrected chi connectivity index (χ0v) is 12.9. The number of hydrogen-bond donors (Lipinski definition) is 1. The summed E-state index contributed by atoms with van der Waals surface area (Å²) in [7, 11) is 2.16. The van der Waals surface area contributed by atoms with Crippen LogP contribution in [0.4, 0.5) is 0 Å². The lowest BCUT2D eigenvalue weighted by molar-refractivity contribution is -0.0836. The molecule has 2 rings (SSSR count). The minimum absolute atomic E-state index is 0.0524. The van der Waals surface area contributed by atoms with E-state index in [1.807, 2.05) is 5.51 Å². The third-order valence-electron chi connectivity index (χ3n) is 4.30. The van der Waals surface area contributed by atoms with Gasteiger partial charge in [0, 0.05) is 30.6 Å². The normalized spacial score (nSPS) is 28.2. The predicted octanol–water partition coefficient (Wildman–Crippen LogP) is 2.11. The van der Waals surface area contributed by atoms with Gasteiger partial charge in [-0.2, -0.15) is 0 Å². The Morgan fingerprint density at radius 2 is 2.42 bits per heavy atom. The van der Waals surface area contributed by atoms with E-state index in [2.05, 4.69) is 36.2 Å². The summed E-state index contributed by atoms with van der Waals surface area (Å²) in [4.78, 5) is 6.75. The van der Waals surface area contributed by atoms with Gasteiger partial charge in [0.15, 0.2) is 0 Å². The van der Waals surface area contributed by atoms with Gasteiger partial charge >= 0.3 is 0 Å². The second-order valence-corrected chi connectivity index (χ2v) is 6.59. The molecule has 108 valence electrons. The van der Waals surface area contributed by atoms with Gasteiger partial charge in [0.1, 0.15) is 0 Å². The average molecular weight is 283 g/mol. The highest BCUT2D eigenvalue weighted by molar-refractivity contribution is 7.07. The molecule has 0 spiro atoms. The van der Waals surface area contributed by atoms with Gasteiger partial charge in [0.05, 0.1) is 17.3 Å². The maximum Gasteiger partial charge on any atom is 0.0795 e. The third kappa shape index (κ3) is 3.34. The van der Waals surface area contributed by atoms with Crippen molar-refractivity contribution in [3.63, 3.8) is 0 Å². The van der Waals surface area contributed by atoms with Crippen molar-refractivity contribution in [3.8, 4) is 0 Å². The highest BCUT2D eigenvalue weighted by atomic mass is 32.1. The van der Waals surface area contributed by atoms with Gasteiger partial charge in [-0.15, -0.1) is 11.3 Å². The standard InChI is InChI=1S/C14H25N3OS/c1-11(2)13-6-14(9-15,4-5-18-13)17(3)7-12-8-19-10-16-12/h8,10-11,13H,4-7,9,15H2,1-3H3. The molecule has 0 saturated carbocycles. The molecule has 19 heavy (non-hydrogen) atoms. The van der Waals surface area contributed by atoms with Gasteiger partial charge in [0.2, 0.25) is 0 Å². The first kappa shape index (κ1) is 14.9. The maximum atomic E-state index is 6.12. The van der Waals surface area contributed by atoms with Gasteiger partial charge in [-0.1, -0.05) is 13.8 Å². The molecule has 2 N–H and O–H groups in total. The van der Waals surface area contributed by atoms with E-state index >= 15 is 0 Å². The molecule has 1 aliphatic heterocycles. The Morgan fingerprint density at radius 1 is 1.63 bits per heavy atom. The summed E-state index contributed by atoms with van der Waals surface area (Å²) in [5.41, 5.74) is 9.19. The molecular weight excluding hydrogens is 258 g/mol. The molecule has 0 radical (unpaired) electrons. The van der Waals surface area contributed by atoms with Crippen LogP contribution in [0.5, 0.6) is 0 Å². The van der Waals surface area contributed by atoms with Crippen LogP contribution < -0.4 is 5.73 Å². The molecular formula is C14H25N3OS. The monoisotopic (exact) mass is 283 g/mol. The number of rotatable bonds is 5. The number of ether oxygens (including phenoxy) is 1. The maximum absolute atomic E-state index is 6.12. The summed E-state index contributed by atoms with van der Waals surface area (Å²) in [6.07, 6.45) is 2.34. The molecule has 5 heteroatoms. The minimum atomic E-state index is 0.0524. The first-order valence-corrected chi connectivity index (χ1v) is 7.91. The van der Waals surface area contributed by atoms with Crippen molar-refractivity contribution < 1.29 is 4.74 Å². The van der Waals surface area contributed by atoms with Crippen LogP contribution in [-0.4, -0.2) is 41.7 Å². The zero-order valence-electron chi connectivity index (χ0n) is 12.1. The van der Waals surface area contributed by atoms with Crippen LogP contribution in [0.1, 0.15) is 32.4 Å². The summed E-state index contributed by atoms with van der Waals surface area (Å²) >= 11 is 1.65. The average Bonchev–Trinajstić information content (AvgIpc) is 2.91. The molecule has 2 atom stereocenters. The molecule has 1 aliphatic rings. The van der Waals surface area contributed by atoms with Crippen molar-refractivity contribution in [1.29, 1.82) is 0 Å². The fraction of sp³-hybridized carbons (Fsp3) is 0.786. The Balaban J connectivity index is 2.07. The van der Waals surface area contributed by atoms with Crippen molar-refractivity contribution in [2.45, 2.75) is 44.9 Å². The molecule has 0 aromatic carbocycles. The van der Waals surface area contributed by atoms with Gasteiger partial charge in [-0.3, -0.25) is 4.90 Å². The number of hydrogen-bond acceptors (Lipinski definition) is 5. The fourth-order valence-corrected chi connectivity index (χ4v) is 3.33. The lowest BCUT2D eigenvalue weighted by Crippen LogP contribution is -2.57. The zero-order chi connectivity index (χ0) is 13.9. The Morgan fingerprint density at radius 3 is 3.00 bits per heavy atom. The van der Waals surface area contributed by atoms with E-state index in [9.17, 15) is 0 Å². The second-order valence-electron chi connectivity index (χ2n) is 5.87. The van der Waals surface area contributed by atoms with Gasteiger partial charge < -0.3 is 10.5 Å². The molecule has 1 aromatic rings. The number of aromatic nitrogens is 1. The number of nitrogens with zero attached hydrogens (tertiary/aromatic N) is 2. The summed E-state index contributed by atoms with van der Waals surface area (Å²) < 4.78 is 5.89. The largest absolute Gasteiger partial charge is 0.378 e. The number of nitrogens with two attached hydrogens (primary N) is 1. The molecule has 0 amide bonds. The summed E-state index contributed by atoms with van der Waals surface area (Å²) in [6, 6.07) is 0. The van der Waals surface area contributed by atoms with Crippen molar-refractivity contribution >= 4 is 11.3 Å². The van der Waals surface area contributed by atoms with Crippen molar-refractivity contribution in [1.82, 2.24) is 9.88 Å². The summed E-state index contributed by atoms with van der Waals surface area (Å²) in [5.74, 6) is 0.541. The molecule has 4 nitrogen and oxygen atoms in total. The number of thiazole rings is 1. The SMILES string of the molecule is CC(C)C1CC(CN)(N(C)Cc2cscn2)CCO1. The Kier molecular flexibility index (Phi) is 4.95. The van der Waals surface area contributed by atoms with Crippen molar-refractivity contribution in [2.24, 2.45) is 11.7 Å². The van der Waals surface area contributed by atoms with Crippen LogP contribution in [0.15, 0.2) is 10.9 Å². The van der Waals surface area contributed by atoms with Crippen LogP contribution in [0.3, 0.4) is 0 Å². The highest BCUT2D eigenvalue weighted by Gasteiger charge is 2.40. The highest BCUT2D eigenvalue weighted by Crippen LogP contribution is 2.33. The van der Waals surface area contributed by atoms with Gasteiger partial charge in [0.25, 0.3) is 0 Å². The Labute approximate surface area is 120 Å². The van der Waals surface area contributed by atoms with Gasteiger partial charge in [-0.25, -0.2) is 4.98 Å². The molecule has 2 heterocycles. The molecule has 0 aliphatic carbocycles. The van der Waals surface area contributed by atoms with E-state index in [4.69, 9.17) is 10.5 Å². The molecule has 1 aromatic heterocycles. The Hall–Kier alpha value is -0.490. The van der Waals surface area contributed by atoms with E-state index in [1.54, 1.807) is 11.3 Å². The number of likely N-dealkylation sites (N-methyl/N-ethyl adjacent to an activating group) is 1. The molecule has 1 saturated heterocycles. The van der Waals surface area contributed by atoms with Crippen LogP contribution >= 0.6 is 11.3 Å². The summed E-state index contributed by atoms with van der Waals surface area (Å²) in [6.45, 7) is 6.79. The van der Waals surface area contributed by atoms with E-state index in [-0.39, 0.29) is 5.54 Å². The minimum Gasteiger partial charge on any atom is -0.378 e. The first-order valence-electron chi connectivity index (χ1n) is 6.97.